The van der Waals surface area contributed by atoms with Gasteiger partial charge < -0.3 is 14.8 Å². The zero-order chi connectivity index (χ0) is 20.4. The van der Waals surface area contributed by atoms with E-state index in [9.17, 15) is 14.4 Å². The number of esters is 1. The number of amides is 1. The number of hydrogen-bond donors (Lipinski definition) is 1. The lowest BCUT2D eigenvalue weighted by atomic mass is 9.99. The van der Waals surface area contributed by atoms with Crippen LogP contribution < -0.4 is 10.1 Å². The lowest BCUT2D eigenvalue weighted by molar-refractivity contribution is -0.144. The van der Waals surface area contributed by atoms with Crippen LogP contribution >= 0.6 is 0 Å². The van der Waals surface area contributed by atoms with Crippen LogP contribution in [0.15, 0.2) is 30.3 Å². The van der Waals surface area contributed by atoms with Crippen LogP contribution in [0.1, 0.15) is 45.5 Å². The summed E-state index contributed by atoms with van der Waals surface area (Å²) in [5, 5.41) is 2.76. The zero-order valence-corrected chi connectivity index (χ0v) is 16.4. The van der Waals surface area contributed by atoms with E-state index in [1.807, 2.05) is 32.9 Å². The molecule has 2 aromatic carbocycles. The summed E-state index contributed by atoms with van der Waals surface area (Å²) in [7, 11) is 0. The minimum atomic E-state index is -0.612. The molecule has 0 saturated heterocycles. The van der Waals surface area contributed by atoms with Crippen LogP contribution in [-0.4, -0.2) is 30.9 Å². The number of fused-ring (bicyclic) bond motifs is 1. The molecule has 1 aliphatic rings. The van der Waals surface area contributed by atoms with Gasteiger partial charge in [0.05, 0.1) is 5.92 Å². The van der Waals surface area contributed by atoms with Gasteiger partial charge >= 0.3 is 5.97 Å². The van der Waals surface area contributed by atoms with Crippen LogP contribution in [0.5, 0.6) is 5.75 Å². The van der Waals surface area contributed by atoms with Gasteiger partial charge in [-0.05, 0) is 62.6 Å². The molecule has 0 unspecified atom stereocenters. The number of rotatable bonds is 6. The normalized spacial score (nSPS) is 15.0. The van der Waals surface area contributed by atoms with Crippen molar-refractivity contribution >= 4 is 23.3 Å². The van der Waals surface area contributed by atoms with E-state index in [0.717, 1.165) is 22.3 Å². The standard InChI is InChI=1S/C22H23NO5/c1-12-7-13(2)21(14(3)8-12)28-11-20(25)27-10-19(24)16-5-6-18-17(9-16)15(4)22(26)23-18/h5-9,15H,10-11H2,1-4H3,(H,23,26)/t15-/m1/s1. The molecular weight excluding hydrogens is 358 g/mol. The molecule has 2 aromatic rings. The second-order valence-corrected chi connectivity index (χ2v) is 7.11. The molecular formula is C22H23NO5. The monoisotopic (exact) mass is 381 g/mol. The molecule has 0 radical (unpaired) electrons. The molecule has 0 aliphatic carbocycles. The number of anilines is 1. The summed E-state index contributed by atoms with van der Waals surface area (Å²) < 4.78 is 10.6. The maximum Gasteiger partial charge on any atom is 0.344 e. The van der Waals surface area contributed by atoms with E-state index in [0.29, 0.717) is 17.0 Å². The zero-order valence-electron chi connectivity index (χ0n) is 16.4. The Bertz CT molecular complexity index is 940. The average Bonchev–Trinajstić information content (AvgIpc) is 2.92. The van der Waals surface area contributed by atoms with Gasteiger partial charge in [-0.3, -0.25) is 9.59 Å². The fraction of sp³-hybridized carbons (Fsp3) is 0.318. The van der Waals surface area contributed by atoms with Crippen LogP contribution in [0.4, 0.5) is 5.69 Å². The number of aryl methyl sites for hydroxylation is 3. The molecule has 1 heterocycles. The van der Waals surface area contributed by atoms with Crippen molar-refractivity contribution in [3.8, 4) is 5.75 Å². The Kier molecular flexibility index (Phi) is 5.49. The Balaban J connectivity index is 1.55. The fourth-order valence-electron chi connectivity index (χ4n) is 3.39. The van der Waals surface area contributed by atoms with Crippen molar-refractivity contribution in [3.05, 3.63) is 58.1 Å². The highest BCUT2D eigenvalue weighted by Crippen LogP contribution is 2.32. The third-order valence-corrected chi connectivity index (χ3v) is 4.79. The third kappa shape index (κ3) is 4.06. The van der Waals surface area contributed by atoms with Gasteiger partial charge in [-0.25, -0.2) is 4.79 Å². The van der Waals surface area contributed by atoms with Crippen LogP contribution in [0, 0.1) is 20.8 Å². The molecule has 1 N–H and O–H groups in total. The van der Waals surface area contributed by atoms with Crippen molar-refractivity contribution < 1.29 is 23.9 Å². The summed E-state index contributed by atoms with van der Waals surface area (Å²) in [6, 6.07) is 8.93. The maximum atomic E-state index is 12.3. The highest BCUT2D eigenvalue weighted by Gasteiger charge is 2.27. The summed E-state index contributed by atoms with van der Waals surface area (Å²) in [5.41, 5.74) is 4.89. The van der Waals surface area contributed by atoms with E-state index in [1.54, 1.807) is 25.1 Å². The average molecular weight is 381 g/mol. The molecule has 1 atom stereocenters. The SMILES string of the molecule is Cc1cc(C)c(OCC(=O)OCC(=O)c2ccc3c(c2)[C@@H](C)C(=O)N3)c(C)c1. The van der Waals surface area contributed by atoms with E-state index in [2.05, 4.69) is 5.32 Å². The van der Waals surface area contributed by atoms with Gasteiger partial charge in [-0.2, -0.15) is 0 Å². The molecule has 6 heteroatoms. The van der Waals surface area contributed by atoms with Crippen molar-refractivity contribution in [3.63, 3.8) is 0 Å². The molecule has 0 fully saturated rings. The number of nitrogens with one attached hydrogen (secondary N) is 1. The number of carbonyl (C=O) groups is 3. The number of benzene rings is 2. The smallest absolute Gasteiger partial charge is 0.344 e. The first-order valence-electron chi connectivity index (χ1n) is 9.10. The first-order chi connectivity index (χ1) is 13.3. The number of carbonyl (C=O) groups excluding carboxylic acids is 3. The van der Waals surface area contributed by atoms with Crippen LogP contribution in [0.2, 0.25) is 0 Å². The molecule has 0 spiro atoms. The molecule has 146 valence electrons. The summed E-state index contributed by atoms with van der Waals surface area (Å²) in [5.74, 6) is -0.687. The molecule has 0 saturated carbocycles. The number of ether oxygens (including phenoxy) is 2. The topological polar surface area (TPSA) is 81.7 Å². The first kappa shape index (κ1) is 19.6. The van der Waals surface area contributed by atoms with E-state index >= 15 is 0 Å². The van der Waals surface area contributed by atoms with E-state index in [1.165, 1.54) is 0 Å². The quantitative estimate of drug-likeness (QED) is 0.612. The summed E-state index contributed by atoms with van der Waals surface area (Å²) in [6.45, 7) is 6.97. The molecule has 28 heavy (non-hydrogen) atoms. The highest BCUT2D eigenvalue weighted by molar-refractivity contribution is 6.05. The number of Topliss-reactive ketones (excluding diaryl/α,β-unsaturated/α-hetero) is 1. The van der Waals surface area contributed by atoms with Gasteiger partial charge in [0.15, 0.2) is 19.0 Å². The Morgan fingerprint density at radius 2 is 1.71 bits per heavy atom. The molecule has 3 rings (SSSR count). The van der Waals surface area contributed by atoms with Crippen LogP contribution in [0.25, 0.3) is 0 Å². The van der Waals surface area contributed by atoms with Gasteiger partial charge in [0.2, 0.25) is 5.91 Å². The van der Waals surface area contributed by atoms with Gasteiger partial charge in [0, 0.05) is 11.3 Å². The van der Waals surface area contributed by atoms with Gasteiger partial charge in [-0.1, -0.05) is 17.7 Å². The predicted octanol–water partition coefficient (Wildman–Crippen LogP) is 3.47. The predicted molar refractivity (Wildman–Crippen MR) is 105 cm³/mol. The maximum absolute atomic E-state index is 12.3. The minimum Gasteiger partial charge on any atom is -0.481 e. The summed E-state index contributed by atoms with van der Waals surface area (Å²) in [4.78, 5) is 36.0. The van der Waals surface area contributed by atoms with Crippen molar-refractivity contribution in [2.45, 2.75) is 33.6 Å². The third-order valence-electron chi connectivity index (χ3n) is 4.79. The first-order valence-corrected chi connectivity index (χ1v) is 9.10. The van der Waals surface area contributed by atoms with Gasteiger partial charge in [0.1, 0.15) is 5.75 Å². The number of hydrogen-bond acceptors (Lipinski definition) is 5. The molecule has 0 aromatic heterocycles. The van der Waals surface area contributed by atoms with Crippen LogP contribution in [-0.2, 0) is 14.3 Å². The van der Waals surface area contributed by atoms with E-state index in [4.69, 9.17) is 9.47 Å². The molecule has 1 aliphatic heterocycles. The van der Waals surface area contributed by atoms with Crippen molar-refractivity contribution in [2.24, 2.45) is 0 Å². The lowest BCUT2D eigenvalue weighted by Gasteiger charge is -2.12. The van der Waals surface area contributed by atoms with E-state index in [-0.39, 0.29) is 30.8 Å². The Hall–Kier alpha value is -3.15. The van der Waals surface area contributed by atoms with Crippen molar-refractivity contribution in [1.29, 1.82) is 0 Å². The molecule has 1 amide bonds. The van der Waals surface area contributed by atoms with Gasteiger partial charge in [-0.15, -0.1) is 0 Å². The second-order valence-electron chi connectivity index (χ2n) is 7.11. The largest absolute Gasteiger partial charge is 0.481 e. The second kappa shape index (κ2) is 7.84. The van der Waals surface area contributed by atoms with Crippen LogP contribution in [0.3, 0.4) is 0 Å². The molecule has 0 bridgehead atoms. The Morgan fingerprint density at radius 3 is 2.39 bits per heavy atom. The highest BCUT2D eigenvalue weighted by atomic mass is 16.6. The minimum absolute atomic E-state index is 0.0927. The van der Waals surface area contributed by atoms with Gasteiger partial charge in [0.25, 0.3) is 0 Å². The van der Waals surface area contributed by atoms with E-state index < -0.39 is 5.97 Å². The summed E-state index contributed by atoms with van der Waals surface area (Å²) in [6.07, 6.45) is 0. The molecule has 6 nitrogen and oxygen atoms in total. The Labute approximate surface area is 163 Å². The fourth-order valence-corrected chi connectivity index (χ4v) is 3.39. The van der Waals surface area contributed by atoms with Crippen molar-refractivity contribution in [2.75, 3.05) is 18.5 Å². The Morgan fingerprint density at radius 1 is 1.04 bits per heavy atom. The number of ketones is 1. The summed E-state index contributed by atoms with van der Waals surface area (Å²) >= 11 is 0. The van der Waals surface area contributed by atoms with Crippen molar-refractivity contribution in [1.82, 2.24) is 0 Å². The lowest BCUT2D eigenvalue weighted by Crippen LogP contribution is -2.20.